The second-order valence-electron chi connectivity index (χ2n) is 8.82. The van der Waals surface area contributed by atoms with E-state index >= 15 is 0 Å². The predicted octanol–water partition coefficient (Wildman–Crippen LogP) is 3.26. The summed E-state index contributed by atoms with van der Waals surface area (Å²) in [5.41, 5.74) is 4.13. The highest BCUT2D eigenvalue weighted by atomic mass is 19.4. The van der Waals surface area contributed by atoms with Crippen molar-refractivity contribution in [3.63, 3.8) is 0 Å². The minimum atomic E-state index is -5.23. The Bertz CT molecular complexity index is 1100. The van der Waals surface area contributed by atoms with Crippen molar-refractivity contribution in [2.75, 3.05) is 13.1 Å². The Labute approximate surface area is 206 Å². The first-order valence-electron chi connectivity index (χ1n) is 11.4. The summed E-state index contributed by atoms with van der Waals surface area (Å²) in [6.07, 6.45) is -4.88. The lowest BCUT2D eigenvalue weighted by Gasteiger charge is -2.38. The summed E-state index contributed by atoms with van der Waals surface area (Å²) >= 11 is 0. The van der Waals surface area contributed by atoms with Crippen molar-refractivity contribution in [2.45, 2.75) is 51.4 Å². The van der Waals surface area contributed by atoms with Crippen LogP contribution in [0.2, 0.25) is 0 Å². The maximum Gasteiger partial charge on any atom is 0.493 e. The van der Waals surface area contributed by atoms with Crippen molar-refractivity contribution >= 4 is 17.8 Å². The molecule has 2 aromatic carbocycles. The molecule has 0 bridgehead atoms. The summed E-state index contributed by atoms with van der Waals surface area (Å²) in [5, 5.41) is 5.95. The van der Waals surface area contributed by atoms with Gasteiger partial charge >= 0.3 is 12.1 Å². The monoisotopic (exact) mass is 507 g/mol. The Balaban J connectivity index is 1.60. The largest absolute Gasteiger partial charge is 0.493 e. The third-order valence-electron chi connectivity index (χ3n) is 5.94. The zero-order chi connectivity index (χ0) is 26.3. The molecule has 0 aromatic heterocycles. The van der Waals surface area contributed by atoms with E-state index in [9.17, 15) is 27.6 Å². The summed E-state index contributed by atoms with van der Waals surface area (Å²) in [4.78, 5) is 39.8. The number of alkyl halides is 3. The van der Waals surface area contributed by atoms with E-state index in [0.29, 0.717) is 43.9 Å². The van der Waals surface area contributed by atoms with Gasteiger partial charge in [0.05, 0.1) is 12.0 Å². The molecular weight excluding hydrogens is 479 g/mol. The number of halogens is 3. The summed E-state index contributed by atoms with van der Waals surface area (Å²) in [7, 11) is 0. The van der Waals surface area contributed by atoms with Gasteiger partial charge in [0.15, 0.2) is 0 Å². The lowest BCUT2D eigenvalue weighted by Crippen LogP contribution is -2.56. The first-order chi connectivity index (χ1) is 17.0. The molecule has 2 aromatic rings. The van der Waals surface area contributed by atoms with E-state index in [2.05, 4.69) is 21.5 Å². The van der Waals surface area contributed by atoms with Crippen LogP contribution in [0.1, 0.15) is 46.3 Å². The lowest BCUT2D eigenvalue weighted by atomic mass is 9.84. The van der Waals surface area contributed by atoms with Crippen molar-refractivity contribution in [2.24, 2.45) is 0 Å². The minimum absolute atomic E-state index is 0.330. The molecule has 1 saturated heterocycles. The van der Waals surface area contributed by atoms with E-state index in [0.717, 1.165) is 16.7 Å². The Hall–Kier alpha value is -3.60. The van der Waals surface area contributed by atoms with Crippen molar-refractivity contribution in [1.82, 2.24) is 16.1 Å². The molecule has 0 atom stereocenters. The lowest BCUT2D eigenvalue weighted by molar-refractivity contribution is -0.207. The second kappa shape index (κ2) is 11.4. The van der Waals surface area contributed by atoms with Gasteiger partial charge in [-0.3, -0.25) is 9.59 Å². The first-order valence-corrected chi connectivity index (χ1v) is 11.4. The third kappa shape index (κ3) is 7.45. The molecule has 2 amide bonds. The molecule has 1 aliphatic heterocycles. The number of benzene rings is 2. The minimum Gasteiger partial charge on any atom is -0.489 e. The van der Waals surface area contributed by atoms with Gasteiger partial charge in [-0.1, -0.05) is 23.8 Å². The molecule has 36 heavy (non-hydrogen) atoms. The van der Waals surface area contributed by atoms with E-state index in [1.165, 1.54) is 5.48 Å². The summed E-state index contributed by atoms with van der Waals surface area (Å²) in [6.45, 7) is 5.36. The summed E-state index contributed by atoms with van der Waals surface area (Å²) in [6, 6.07) is 12.6. The fraction of sp³-hybridized carbons (Fsp3) is 0.400. The summed E-state index contributed by atoms with van der Waals surface area (Å²) in [5.74, 6) is -3.35. The molecule has 194 valence electrons. The molecule has 8 nitrogen and oxygen atoms in total. The van der Waals surface area contributed by atoms with Crippen LogP contribution in [0.15, 0.2) is 42.5 Å². The van der Waals surface area contributed by atoms with Gasteiger partial charge in [0.25, 0.3) is 11.8 Å². The topological polar surface area (TPSA) is 106 Å². The smallest absolute Gasteiger partial charge is 0.489 e. The van der Waals surface area contributed by atoms with Crippen LogP contribution >= 0.6 is 0 Å². The van der Waals surface area contributed by atoms with Crippen molar-refractivity contribution < 1.29 is 37.1 Å². The van der Waals surface area contributed by atoms with Gasteiger partial charge in [-0.05, 0) is 75.2 Å². The highest BCUT2D eigenvalue weighted by Crippen LogP contribution is 2.24. The van der Waals surface area contributed by atoms with Crippen LogP contribution in [0.5, 0.6) is 5.75 Å². The maximum absolute atomic E-state index is 12.9. The quantitative estimate of drug-likeness (QED) is 0.497. The van der Waals surface area contributed by atoms with Crippen LogP contribution < -0.4 is 20.9 Å². The van der Waals surface area contributed by atoms with Crippen LogP contribution in [-0.2, 0) is 21.0 Å². The molecule has 1 heterocycles. The molecule has 1 aliphatic rings. The number of aryl methyl sites for hydroxylation is 2. The van der Waals surface area contributed by atoms with Gasteiger partial charge in [0.2, 0.25) is 0 Å². The van der Waals surface area contributed by atoms with Crippen LogP contribution in [0.3, 0.4) is 0 Å². The fourth-order valence-electron chi connectivity index (χ4n) is 3.89. The number of hydrogen-bond acceptors (Lipinski definition) is 6. The molecular formula is C25H28F3N3O5. The van der Waals surface area contributed by atoms with E-state index < -0.39 is 29.5 Å². The van der Waals surface area contributed by atoms with Gasteiger partial charge in [-0.25, -0.2) is 4.79 Å². The van der Waals surface area contributed by atoms with Crippen LogP contribution in [0.4, 0.5) is 13.2 Å². The number of ether oxygens (including phenoxy) is 1. The Kier molecular flexibility index (Phi) is 8.57. The average molecular weight is 508 g/mol. The number of hydroxylamine groups is 1. The SMILES string of the molecule is Cc1ccc(C)c(COc2ccc(C(=O)NC3(CC(=O)NOC(=O)C(F)(F)F)CCNCC3)cc2)c1. The maximum atomic E-state index is 12.9. The van der Waals surface area contributed by atoms with Crippen molar-refractivity contribution in [1.29, 1.82) is 0 Å². The number of nitrogens with one attached hydrogen (secondary N) is 3. The Morgan fingerprint density at radius 3 is 2.33 bits per heavy atom. The summed E-state index contributed by atoms with van der Waals surface area (Å²) < 4.78 is 42.7. The molecule has 1 fully saturated rings. The zero-order valence-corrected chi connectivity index (χ0v) is 20.0. The number of carbonyl (C=O) groups excluding carboxylic acids is 3. The normalized spacial score (nSPS) is 15.0. The zero-order valence-electron chi connectivity index (χ0n) is 20.0. The van der Waals surface area contributed by atoms with Gasteiger partial charge in [-0.15, -0.1) is 0 Å². The standard InChI is InChI=1S/C25H28F3N3O5/c1-16-3-4-17(2)19(13-16)15-35-20-7-5-18(6-8-20)22(33)30-24(9-11-29-12-10-24)14-21(32)31-36-23(34)25(26,27)28/h3-8,13,29H,9-12,14-15H2,1-2H3,(H,30,33)(H,31,32). The van der Waals surface area contributed by atoms with E-state index in [1.54, 1.807) is 24.3 Å². The number of piperidine rings is 1. The number of rotatable bonds is 7. The Morgan fingerprint density at radius 2 is 1.69 bits per heavy atom. The number of carbonyl (C=O) groups is 3. The fourth-order valence-corrected chi connectivity index (χ4v) is 3.89. The predicted molar refractivity (Wildman–Crippen MR) is 124 cm³/mol. The van der Waals surface area contributed by atoms with E-state index in [-0.39, 0.29) is 6.42 Å². The van der Waals surface area contributed by atoms with Crippen LogP contribution in [0, 0.1) is 13.8 Å². The van der Waals surface area contributed by atoms with Gasteiger partial charge < -0.3 is 20.2 Å². The highest BCUT2D eigenvalue weighted by Gasteiger charge is 2.42. The van der Waals surface area contributed by atoms with E-state index in [1.807, 2.05) is 26.0 Å². The van der Waals surface area contributed by atoms with Crippen LogP contribution in [0.25, 0.3) is 0 Å². The van der Waals surface area contributed by atoms with Gasteiger partial charge in [0.1, 0.15) is 12.4 Å². The molecule has 11 heteroatoms. The molecule has 0 unspecified atom stereocenters. The molecule has 3 N–H and O–H groups in total. The second-order valence-corrected chi connectivity index (χ2v) is 8.82. The average Bonchev–Trinajstić information content (AvgIpc) is 2.83. The van der Waals surface area contributed by atoms with Crippen molar-refractivity contribution in [3.05, 3.63) is 64.7 Å². The van der Waals surface area contributed by atoms with Gasteiger partial charge in [-0.2, -0.15) is 18.7 Å². The molecule has 0 radical (unpaired) electrons. The Morgan fingerprint density at radius 1 is 1.03 bits per heavy atom. The number of amides is 2. The molecule has 0 spiro atoms. The molecule has 0 aliphatic carbocycles. The number of hydrogen-bond donors (Lipinski definition) is 3. The van der Waals surface area contributed by atoms with E-state index in [4.69, 9.17) is 4.74 Å². The first kappa shape index (κ1) is 27.0. The molecule has 0 saturated carbocycles. The van der Waals surface area contributed by atoms with Gasteiger partial charge in [0, 0.05) is 5.56 Å². The van der Waals surface area contributed by atoms with Crippen LogP contribution in [-0.4, -0.2) is 42.6 Å². The third-order valence-corrected chi connectivity index (χ3v) is 5.94. The molecule has 3 rings (SSSR count). The van der Waals surface area contributed by atoms with Crippen molar-refractivity contribution in [3.8, 4) is 5.75 Å². The highest BCUT2D eigenvalue weighted by molar-refractivity contribution is 5.95.